The molecule has 1 aliphatic heterocycles. The average Bonchev–Trinajstić information content (AvgIpc) is 2.74. The van der Waals surface area contributed by atoms with Crippen LogP contribution in [0.15, 0.2) is 0 Å². The molecule has 0 aromatic rings. The van der Waals surface area contributed by atoms with Crippen molar-refractivity contribution < 1.29 is 4.74 Å². The zero-order valence-electron chi connectivity index (χ0n) is 10.9. The maximum absolute atomic E-state index is 6.10. The molecule has 2 atom stereocenters. The Morgan fingerprint density at radius 3 is 2.75 bits per heavy atom. The Morgan fingerprint density at radius 2 is 2.12 bits per heavy atom. The first-order valence-corrected chi connectivity index (χ1v) is 7.11. The lowest BCUT2D eigenvalue weighted by Crippen LogP contribution is -2.44. The molecular formula is C14H27NO. The fourth-order valence-corrected chi connectivity index (χ4v) is 3.70. The van der Waals surface area contributed by atoms with Gasteiger partial charge in [0.05, 0.1) is 5.60 Å². The Labute approximate surface area is 100 Å². The Hall–Kier alpha value is -0.0800. The third-order valence-corrected chi connectivity index (χ3v) is 4.59. The van der Waals surface area contributed by atoms with Crippen LogP contribution in [0, 0.1) is 5.92 Å². The van der Waals surface area contributed by atoms with Gasteiger partial charge in [-0.15, -0.1) is 0 Å². The molecular weight excluding hydrogens is 198 g/mol. The molecule has 2 nitrogen and oxygen atoms in total. The fraction of sp³-hybridized carbons (Fsp3) is 1.00. The molecule has 0 radical (unpaired) electrons. The van der Waals surface area contributed by atoms with E-state index in [2.05, 4.69) is 19.3 Å². The summed E-state index contributed by atoms with van der Waals surface area (Å²) in [5.41, 5.74) is 0.283. The molecule has 1 heterocycles. The maximum atomic E-state index is 6.10. The van der Waals surface area contributed by atoms with Crippen LogP contribution in [-0.2, 0) is 4.74 Å². The van der Waals surface area contributed by atoms with Crippen LogP contribution in [0.4, 0.5) is 0 Å². The molecule has 16 heavy (non-hydrogen) atoms. The zero-order valence-corrected chi connectivity index (χ0v) is 10.9. The normalized spacial score (nSPS) is 30.8. The van der Waals surface area contributed by atoms with E-state index in [1.165, 1.54) is 51.4 Å². The molecule has 2 fully saturated rings. The maximum Gasteiger partial charge on any atom is 0.0685 e. The van der Waals surface area contributed by atoms with E-state index in [1.807, 2.05) is 0 Å². The summed E-state index contributed by atoms with van der Waals surface area (Å²) < 4.78 is 6.10. The van der Waals surface area contributed by atoms with Crippen molar-refractivity contribution in [2.75, 3.05) is 13.7 Å². The van der Waals surface area contributed by atoms with Crippen molar-refractivity contribution in [3.05, 3.63) is 0 Å². The van der Waals surface area contributed by atoms with Crippen LogP contribution in [0.2, 0.25) is 0 Å². The highest BCUT2D eigenvalue weighted by Crippen LogP contribution is 2.43. The summed E-state index contributed by atoms with van der Waals surface area (Å²) in [4.78, 5) is 0. The third kappa shape index (κ3) is 2.60. The van der Waals surface area contributed by atoms with Crippen molar-refractivity contribution in [2.24, 2.45) is 5.92 Å². The van der Waals surface area contributed by atoms with Crippen molar-refractivity contribution in [3.8, 4) is 0 Å². The summed E-state index contributed by atoms with van der Waals surface area (Å²) in [5, 5.41) is 3.52. The SMILES string of the molecule is CCCC(NC)C1CCOC2(CCCC2)C1. The second-order valence-electron chi connectivity index (χ2n) is 5.68. The molecule has 1 aliphatic carbocycles. The van der Waals surface area contributed by atoms with Crippen molar-refractivity contribution in [2.45, 2.75) is 69.9 Å². The first-order chi connectivity index (χ1) is 7.79. The van der Waals surface area contributed by atoms with Crippen molar-refractivity contribution >= 4 is 0 Å². The molecule has 1 spiro atoms. The van der Waals surface area contributed by atoms with Gasteiger partial charge in [0.15, 0.2) is 0 Å². The van der Waals surface area contributed by atoms with E-state index >= 15 is 0 Å². The molecule has 0 amide bonds. The second-order valence-corrected chi connectivity index (χ2v) is 5.68. The van der Waals surface area contributed by atoms with Crippen LogP contribution >= 0.6 is 0 Å². The predicted molar refractivity (Wildman–Crippen MR) is 67.6 cm³/mol. The van der Waals surface area contributed by atoms with Crippen molar-refractivity contribution in [3.63, 3.8) is 0 Å². The van der Waals surface area contributed by atoms with Gasteiger partial charge in [-0.2, -0.15) is 0 Å². The smallest absolute Gasteiger partial charge is 0.0685 e. The van der Waals surface area contributed by atoms with Gasteiger partial charge in [-0.25, -0.2) is 0 Å². The fourth-order valence-electron chi connectivity index (χ4n) is 3.70. The largest absolute Gasteiger partial charge is 0.375 e. The summed E-state index contributed by atoms with van der Waals surface area (Å²) >= 11 is 0. The molecule has 2 unspecified atom stereocenters. The molecule has 94 valence electrons. The Morgan fingerprint density at radius 1 is 1.38 bits per heavy atom. The number of ether oxygens (including phenoxy) is 1. The number of hydrogen-bond acceptors (Lipinski definition) is 2. The highest BCUT2D eigenvalue weighted by atomic mass is 16.5. The number of rotatable bonds is 4. The van der Waals surface area contributed by atoms with Gasteiger partial charge in [-0.3, -0.25) is 0 Å². The first kappa shape index (κ1) is 12.4. The number of nitrogens with one attached hydrogen (secondary N) is 1. The molecule has 1 N–H and O–H groups in total. The van der Waals surface area contributed by atoms with Gasteiger partial charge in [0.1, 0.15) is 0 Å². The summed E-state index contributed by atoms with van der Waals surface area (Å²) in [6, 6.07) is 0.714. The zero-order chi connectivity index (χ0) is 11.4. The standard InChI is InChI=1S/C14H27NO/c1-3-6-13(15-2)12-7-10-16-14(11-12)8-4-5-9-14/h12-13,15H,3-11H2,1-2H3. The lowest BCUT2D eigenvalue weighted by atomic mass is 9.79. The summed E-state index contributed by atoms with van der Waals surface area (Å²) in [6.45, 7) is 3.28. The van der Waals surface area contributed by atoms with Gasteiger partial charge in [-0.05, 0) is 45.1 Å². The predicted octanol–water partition coefficient (Wildman–Crippen LogP) is 3.11. The lowest BCUT2D eigenvalue weighted by Gasteiger charge is -2.41. The van der Waals surface area contributed by atoms with Gasteiger partial charge < -0.3 is 10.1 Å². The highest BCUT2D eigenvalue weighted by Gasteiger charge is 2.41. The van der Waals surface area contributed by atoms with Gasteiger partial charge in [0, 0.05) is 12.6 Å². The Kier molecular flexibility index (Phi) is 4.26. The van der Waals surface area contributed by atoms with Crippen molar-refractivity contribution in [1.29, 1.82) is 0 Å². The van der Waals surface area contributed by atoms with Gasteiger partial charge >= 0.3 is 0 Å². The lowest BCUT2D eigenvalue weighted by molar-refractivity contribution is -0.0979. The van der Waals surface area contributed by atoms with Gasteiger partial charge in [0.25, 0.3) is 0 Å². The van der Waals surface area contributed by atoms with E-state index in [9.17, 15) is 0 Å². The monoisotopic (exact) mass is 225 g/mol. The summed E-state index contributed by atoms with van der Waals surface area (Å²) in [7, 11) is 2.12. The molecule has 2 rings (SSSR count). The van der Waals surface area contributed by atoms with Gasteiger partial charge in [0.2, 0.25) is 0 Å². The molecule has 2 aliphatic rings. The third-order valence-electron chi connectivity index (χ3n) is 4.59. The number of hydrogen-bond donors (Lipinski definition) is 1. The van der Waals surface area contributed by atoms with Crippen LogP contribution in [0.25, 0.3) is 0 Å². The van der Waals surface area contributed by atoms with E-state index in [0.29, 0.717) is 6.04 Å². The van der Waals surface area contributed by atoms with Crippen LogP contribution in [0.1, 0.15) is 58.3 Å². The molecule has 0 aromatic heterocycles. The minimum absolute atomic E-state index is 0.283. The van der Waals surface area contributed by atoms with Crippen molar-refractivity contribution in [1.82, 2.24) is 5.32 Å². The van der Waals surface area contributed by atoms with Crippen LogP contribution < -0.4 is 5.32 Å². The minimum atomic E-state index is 0.283. The van der Waals surface area contributed by atoms with Crippen LogP contribution in [-0.4, -0.2) is 25.3 Å². The molecule has 0 bridgehead atoms. The Balaban J connectivity index is 1.94. The van der Waals surface area contributed by atoms with E-state index in [0.717, 1.165) is 12.5 Å². The van der Waals surface area contributed by atoms with Gasteiger partial charge in [-0.1, -0.05) is 26.2 Å². The highest BCUT2D eigenvalue weighted by molar-refractivity contribution is 4.93. The van der Waals surface area contributed by atoms with E-state index in [-0.39, 0.29) is 5.60 Å². The quantitative estimate of drug-likeness (QED) is 0.794. The molecule has 0 aromatic carbocycles. The first-order valence-electron chi connectivity index (χ1n) is 7.11. The van der Waals surface area contributed by atoms with Crippen LogP contribution in [0.3, 0.4) is 0 Å². The van der Waals surface area contributed by atoms with E-state index in [1.54, 1.807) is 0 Å². The van der Waals surface area contributed by atoms with E-state index in [4.69, 9.17) is 4.74 Å². The average molecular weight is 225 g/mol. The van der Waals surface area contributed by atoms with Crippen LogP contribution in [0.5, 0.6) is 0 Å². The second kappa shape index (κ2) is 5.50. The summed E-state index contributed by atoms with van der Waals surface area (Å²) in [5.74, 6) is 0.844. The van der Waals surface area contributed by atoms with E-state index < -0.39 is 0 Å². The molecule has 1 saturated carbocycles. The topological polar surface area (TPSA) is 21.3 Å². The Bertz CT molecular complexity index is 211. The minimum Gasteiger partial charge on any atom is -0.375 e. The summed E-state index contributed by atoms with van der Waals surface area (Å²) in [6.07, 6.45) is 10.5. The molecule has 2 heteroatoms. The molecule has 1 saturated heterocycles.